The number of benzene rings is 3. The maximum absolute atomic E-state index is 6.45. The third-order valence-corrected chi connectivity index (χ3v) is 7.45. The van der Waals surface area contributed by atoms with Gasteiger partial charge in [0.05, 0.1) is 42.2 Å². The number of aromatic nitrogens is 4. The minimum absolute atomic E-state index is 0.329. The lowest BCUT2D eigenvalue weighted by molar-refractivity contribution is 0.306. The van der Waals surface area contributed by atoms with Gasteiger partial charge in [0.1, 0.15) is 12.4 Å². The van der Waals surface area contributed by atoms with E-state index < -0.39 is 0 Å². The quantitative estimate of drug-likeness (QED) is 0.164. The Morgan fingerprint density at radius 3 is 2.05 bits per heavy atom. The Labute approximate surface area is 254 Å². The number of hydrogen-bond donors (Lipinski definition) is 2. The molecule has 2 aromatic heterocycles. The third-order valence-electron chi connectivity index (χ3n) is 7.16. The molecule has 0 atom stereocenters. The zero-order valence-corrected chi connectivity index (χ0v) is 25.9. The number of nitrogens with one attached hydrogen (secondary N) is 2. The summed E-state index contributed by atoms with van der Waals surface area (Å²) in [6.07, 6.45) is 7.14. The highest BCUT2D eigenvalue weighted by molar-refractivity contribution is 6.32. The molecule has 8 heteroatoms. The maximum atomic E-state index is 6.45. The minimum Gasteiger partial charge on any atom is -0.487 e. The summed E-state index contributed by atoms with van der Waals surface area (Å²) in [5.74, 6) is 0.694. The molecule has 0 fully saturated rings. The van der Waals surface area contributed by atoms with Crippen molar-refractivity contribution >= 4 is 23.0 Å². The number of nitrogens with zero attached hydrogens (tertiary/aromatic N) is 4. The standard InChI is InChI=1S/C20H22ClN3O.C14H19N3/c1-15(2)24(12-17-11-22-14-23-17)18-8-9-20(19(21)10-18)25-13-16-6-4-3-5-7-16;1-4-17(9-13-8-15-10-16-13)14-6-5-11(2)12(3)7-14/h3-11,14-15H,12-13H2,1-2H3,(H,22,23);5-8,10H,4,9H2,1-3H3,(H,15,16). The number of aromatic amines is 2. The zero-order valence-electron chi connectivity index (χ0n) is 25.1. The number of ether oxygens (including phenoxy) is 1. The number of anilines is 2. The van der Waals surface area contributed by atoms with Gasteiger partial charge in [-0.2, -0.15) is 0 Å². The molecule has 0 saturated carbocycles. The molecule has 3 aromatic carbocycles. The van der Waals surface area contributed by atoms with Gasteiger partial charge in [-0.3, -0.25) is 0 Å². The highest BCUT2D eigenvalue weighted by Gasteiger charge is 2.14. The van der Waals surface area contributed by atoms with Crippen molar-refractivity contribution in [3.8, 4) is 5.75 Å². The van der Waals surface area contributed by atoms with Crippen molar-refractivity contribution in [2.24, 2.45) is 0 Å². The summed E-state index contributed by atoms with van der Waals surface area (Å²) < 4.78 is 5.86. The Bertz CT molecular complexity index is 1490. The maximum Gasteiger partial charge on any atom is 0.138 e. The lowest BCUT2D eigenvalue weighted by atomic mass is 10.1. The Morgan fingerprint density at radius 1 is 0.810 bits per heavy atom. The highest BCUT2D eigenvalue weighted by Crippen LogP contribution is 2.31. The molecule has 0 aliphatic heterocycles. The molecule has 5 rings (SSSR count). The van der Waals surface area contributed by atoms with Crippen molar-refractivity contribution in [1.29, 1.82) is 0 Å². The second kappa shape index (κ2) is 15.1. The van der Waals surface area contributed by atoms with E-state index in [9.17, 15) is 0 Å². The van der Waals surface area contributed by atoms with E-state index in [1.54, 1.807) is 12.7 Å². The number of H-pyrrole nitrogens is 2. The monoisotopic (exact) mass is 584 g/mol. The van der Waals surface area contributed by atoms with Crippen LogP contribution in [0.1, 0.15) is 48.8 Å². The van der Waals surface area contributed by atoms with Crippen LogP contribution in [-0.4, -0.2) is 32.5 Å². The molecule has 0 aliphatic carbocycles. The van der Waals surface area contributed by atoms with Crippen LogP contribution in [0.5, 0.6) is 5.75 Å². The second-order valence-corrected chi connectivity index (χ2v) is 11.0. The van der Waals surface area contributed by atoms with Crippen molar-refractivity contribution in [3.05, 3.63) is 125 Å². The van der Waals surface area contributed by atoms with Gasteiger partial charge in [0.15, 0.2) is 0 Å². The smallest absolute Gasteiger partial charge is 0.138 e. The van der Waals surface area contributed by atoms with Gasteiger partial charge >= 0.3 is 0 Å². The first-order valence-electron chi connectivity index (χ1n) is 14.3. The van der Waals surface area contributed by atoms with E-state index in [4.69, 9.17) is 16.3 Å². The number of imidazole rings is 2. The fraction of sp³-hybridized carbons (Fsp3) is 0.294. The molecule has 0 radical (unpaired) electrons. The first-order chi connectivity index (χ1) is 20.3. The van der Waals surface area contributed by atoms with Crippen LogP contribution in [0.25, 0.3) is 0 Å². The van der Waals surface area contributed by atoms with Gasteiger partial charge in [0.2, 0.25) is 0 Å². The predicted molar refractivity (Wildman–Crippen MR) is 173 cm³/mol. The molecule has 2 N–H and O–H groups in total. The van der Waals surface area contributed by atoms with Crippen molar-refractivity contribution in [2.75, 3.05) is 16.3 Å². The predicted octanol–water partition coefficient (Wildman–Crippen LogP) is 8.11. The average Bonchev–Trinajstić information content (AvgIpc) is 3.71. The summed E-state index contributed by atoms with van der Waals surface area (Å²) in [6.45, 7) is 13.9. The fourth-order valence-corrected chi connectivity index (χ4v) is 4.76. The number of rotatable bonds is 11. The van der Waals surface area contributed by atoms with Crippen LogP contribution in [0.4, 0.5) is 11.4 Å². The average molecular weight is 585 g/mol. The number of halogens is 1. The van der Waals surface area contributed by atoms with Crippen LogP contribution in [0, 0.1) is 13.8 Å². The first kappa shape index (κ1) is 30.7. The summed E-state index contributed by atoms with van der Waals surface area (Å²) in [6, 6.07) is 22.9. The van der Waals surface area contributed by atoms with Gasteiger partial charge < -0.3 is 24.5 Å². The molecular weight excluding hydrogens is 544 g/mol. The van der Waals surface area contributed by atoms with Crippen LogP contribution in [0.2, 0.25) is 5.02 Å². The number of aryl methyl sites for hydroxylation is 2. The van der Waals surface area contributed by atoms with Crippen LogP contribution in [0.15, 0.2) is 91.8 Å². The molecular formula is C34H41ClN6O. The Kier molecular flexibility index (Phi) is 11.1. The van der Waals surface area contributed by atoms with E-state index in [-0.39, 0.29) is 0 Å². The molecule has 0 aliphatic rings. The zero-order chi connectivity index (χ0) is 29.9. The van der Waals surface area contributed by atoms with Crippen LogP contribution in [0.3, 0.4) is 0 Å². The largest absolute Gasteiger partial charge is 0.487 e. The van der Waals surface area contributed by atoms with Gasteiger partial charge in [-0.05, 0) is 81.6 Å². The number of hydrogen-bond acceptors (Lipinski definition) is 5. The molecule has 2 heterocycles. The van der Waals surface area contributed by atoms with Crippen molar-refractivity contribution in [1.82, 2.24) is 19.9 Å². The highest BCUT2D eigenvalue weighted by atomic mass is 35.5. The summed E-state index contributed by atoms with van der Waals surface area (Å²) >= 11 is 6.45. The Hall–Kier alpha value is -4.23. The molecule has 0 bridgehead atoms. The molecule has 0 saturated heterocycles. The van der Waals surface area contributed by atoms with E-state index in [0.717, 1.165) is 42.3 Å². The molecule has 0 amide bonds. The van der Waals surface area contributed by atoms with Crippen molar-refractivity contribution in [3.63, 3.8) is 0 Å². The van der Waals surface area contributed by atoms with Gasteiger partial charge in [0.25, 0.3) is 0 Å². The molecule has 220 valence electrons. The van der Waals surface area contributed by atoms with E-state index in [1.165, 1.54) is 16.8 Å². The minimum atomic E-state index is 0.329. The fourth-order valence-electron chi connectivity index (χ4n) is 4.53. The Balaban J connectivity index is 0.000000208. The third kappa shape index (κ3) is 8.63. The van der Waals surface area contributed by atoms with Crippen molar-refractivity contribution in [2.45, 2.75) is 60.4 Å². The summed E-state index contributed by atoms with van der Waals surface area (Å²) in [7, 11) is 0. The topological polar surface area (TPSA) is 73.1 Å². The van der Waals surface area contributed by atoms with Gasteiger partial charge in [-0.15, -0.1) is 0 Å². The van der Waals surface area contributed by atoms with Gasteiger partial charge in [0, 0.05) is 36.4 Å². The van der Waals surface area contributed by atoms with E-state index >= 15 is 0 Å². The second-order valence-electron chi connectivity index (χ2n) is 10.5. The summed E-state index contributed by atoms with van der Waals surface area (Å²) in [4.78, 5) is 19.0. The lowest BCUT2D eigenvalue weighted by Crippen LogP contribution is -2.30. The summed E-state index contributed by atoms with van der Waals surface area (Å²) in [5.41, 5.74) is 8.33. The van der Waals surface area contributed by atoms with Crippen LogP contribution in [-0.2, 0) is 19.7 Å². The van der Waals surface area contributed by atoms with E-state index in [0.29, 0.717) is 23.4 Å². The normalized spacial score (nSPS) is 10.7. The van der Waals surface area contributed by atoms with Crippen molar-refractivity contribution < 1.29 is 4.74 Å². The molecule has 7 nitrogen and oxygen atoms in total. The Morgan fingerprint density at radius 2 is 1.48 bits per heavy atom. The lowest BCUT2D eigenvalue weighted by Gasteiger charge is -2.29. The van der Waals surface area contributed by atoms with Gasteiger partial charge in [-0.25, -0.2) is 9.97 Å². The van der Waals surface area contributed by atoms with Crippen LogP contribution < -0.4 is 14.5 Å². The van der Waals surface area contributed by atoms with E-state index in [1.807, 2.05) is 60.9 Å². The molecule has 0 unspecified atom stereocenters. The van der Waals surface area contributed by atoms with Gasteiger partial charge in [-0.1, -0.05) is 48.0 Å². The SMILES string of the molecule is CC(C)N(Cc1cnc[nH]1)c1ccc(OCc2ccccc2)c(Cl)c1.CCN(Cc1cnc[nH]1)c1ccc(C)c(C)c1. The summed E-state index contributed by atoms with van der Waals surface area (Å²) in [5, 5.41) is 0.615. The molecule has 0 spiro atoms. The molecule has 5 aromatic rings. The first-order valence-corrected chi connectivity index (χ1v) is 14.7. The van der Waals surface area contributed by atoms with Crippen LogP contribution >= 0.6 is 11.6 Å². The molecule has 42 heavy (non-hydrogen) atoms. The van der Waals surface area contributed by atoms with E-state index in [2.05, 4.69) is 82.6 Å².